The highest BCUT2D eigenvalue weighted by molar-refractivity contribution is 6.03. The summed E-state index contributed by atoms with van der Waals surface area (Å²) in [6.45, 7) is 7.28. The zero-order valence-corrected chi connectivity index (χ0v) is 19.0. The third kappa shape index (κ3) is 6.04. The summed E-state index contributed by atoms with van der Waals surface area (Å²) in [6, 6.07) is 19.3. The summed E-state index contributed by atoms with van der Waals surface area (Å²) < 4.78 is 1.88. The lowest BCUT2D eigenvalue weighted by molar-refractivity contribution is -0.137. The molecular formula is C25H30N4O3. The van der Waals surface area contributed by atoms with E-state index in [2.05, 4.69) is 31.2 Å². The highest BCUT2D eigenvalue weighted by Gasteiger charge is 2.23. The summed E-state index contributed by atoms with van der Waals surface area (Å²) in [4.78, 5) is 25.6. The Morgan fingerprint density at radius 3 is 2.31 bits per heavy atom. The number of nitrogens with zero attached hydrogens (tertiary/aromatic N) is 3. The Bertz CT molecular complexity index is 1070. The fourth-order valence-corrected chi connectivity index (χ4v) is 3.38. The first-order valence-electron chi connectivity index (χ1n) is 10.6. The molecule has 0 atom stereocenters. The minimum absolute atomic E-state index is 0.108. The van der Waals surface area contributed by atoms with Gasteiger partial charge in [-0.25, -0.2) is 0 Å². The molecule has 32 heavy (non-hydrogen) atoms. The summed E-state index contributed by atoms with van der Waals surface area (Å²) in [5, 5.41) is 16.3. The molecule has 1 heterocycles. The van der Waals surface area contributed by atoms with Crippen LogP contribution in [-0.2, 0) is 16.9 Å². The second-order valence-electron chi connectivity index (χ2n) is 8.90. The number of carbonyl (C=O) groups is 2. The number of aliphatic carboxylic acids is 1. The van der Waals surface area contributed by atoms with E-state index in [1.54, 1.807) is 0 Å². The van der Waals surface area contributed by atoms with Crippen LogP contribution in [0.2, 0.25) is 0 Å². The molecule has 0 fully saturated rings. The number of benzene rings is 2. The van der Waals surface area contributed by atoms with Gasteiger partial charge in [0, 0.05) is 18.8 Å². The molecule has 168 valence electrons. The number of amides is 1. The van der Waals surface area contributed by atoms with Gasteiger partial charge < -0.3 is 15.3 Å². The van der Waals surface area contributed by atoms with E-state index in [0.717, 1.165) is 16.8 Å². The highest BCUT2D eigenvalue weighted by Crippen LogP contribution is 2.27. The third-order valence-corrected chi connectivity index (χ3v) is 5.02. The summed E-state index contributed by atoms with van der Waals surface area (Å²) in [7, 11) is 1.88. The van der Waals surface area contributed by atoms with E-state index < -0.39 is 5.97 Å². The Morgan fingerprint density at radius 1 is 1.06 bits per heavy atom. The van der Waals surface area contributed by atoms with Gasteiger partial charge in [0.1, 0.15) is 0 Å². The standard InChI is InChI=1S/C25H30N4O3/c1-25(2,3)29-22(19-8-6-5-7-9-19)16-21(27-29)24(32)26-20-12-10-18(11-13-20)17-28(4)15-14-23(30)31/h5-13,16H,14-15,17H2,1-4H3,(H,26,32)(H,30,31). The molecule has 2 aromatic carbocycles. The third-order valence-electron chi connectivity index (χ3n) is 5.02. The van der Waals surface area contributed by atoms with Gasteiger partial charge in [-0.05, 0) is 57.1 Å². The lowest BCUT2D eigenvalue weighted by Crippen LogP contribution is -2.25. The lowest BCUT2D eigenvalue weighted by Gasteiger charge is -2.22. The molecule has 0 bridgehead atoms. The number of nitrogens with one attached hydrogen (secondary N) is 1. The first-order valence-corrected chi connectivity index (χ1v) is 10.6. The monoisotopic (exact) mass is 434 g/mol. The average molecular weight is 435 g/mol. The van der Waals surface area contributed by atoms with Crippen molar-refractivity contribution in [1.29, 1.82) is 0 Å². The molecular weight excluding hydrogens is 404 g/mol. The van der Waals surface area contributed by atoms with Gasteiger partial charge in [0.15, 0.2) is 5.69 Å². The molecule has 0 saturated heterocycles. The van der Waals surface area contributed by atoms with Crippen molar-refractivity contribution >= 4 is 17.6 Å². The van der Waals surface area contributed by atoms with E-state index in [9.17, 15) is 9.59 Å². The number of anilines is 1. The van der Waals surface area contributed by atoms with E-state index in [0.29, 0.717) is 24.5 Å². The highest BCUT2D eigenvalue weighted by atomic mass is 16.4. The Morgan fingerprint density at radius 2 is 1.72 bits per heavy atom. The fourth-order valence-electron chi connectivity index (χ4n) is 3.38. The molecule has 0 saturated carbocycles. The molecule has 0 spiro atoms. The zero-order valence-electron chi connectivity index (χ0n) is 19.0. The van der Waals surface area contributed by atoms with Gasteiger partial charge in [-0.1, -0.05) is 42.5 Å². The number of carbonyl (C=O) groups excluding carboxylic acids is 1. The second kappa shape index (κ2) is 9.78. The number of hydrogen-bond donors (Lipinski definition) is 2. The summed E-state index contributed by atoms with van der Waals surface area (Å²) >= 11 is 0. The molecule has 7 heteroatoms. The van der Waals surface area contributed by atoms with E-state index >= 15 is 0 Å². The molecule has 1 aromatic heterocycles. The van der Waals surface area contributed by atoms with E-state index in [-0.39, 0.29) is 17.9 Å². The van der Waals surface area contributed by atoms with Crippen molar-refractivity contribution in [2.45, 2.75) is 39.3 Å². The van der Waals surface area contributed by atoms with Crippen LogP contribution in [0, 0.1) is 0 Å². The number of aromatic nitrogens is 2. The molecule has 1 amide bonds. The predicted molar refractivity (Wildman–Crippen MR) is 126 cm³/mol. The van der Waals surface area contributed by atoms with Crippen molar-refractivity contribution in [3.05, 3.63) is 71.9 Å². The molecule has 7 nitrogen and oxygen atoms in total. The van der Waals surface area contributed by atoms with Crippen LogP contribution in [-0.4, -0.2) is 45.3 Å². The predicted octanol–water partition coefficient (Wildman–Crippen LogP) is 4.46. The zero-order chi connectivity index (χ0) is 23.3. The van der Waals surface area contributed by atoms with Crippen molar-refractivity contribution in [2.24, 2.45) is 0 Å². The van der Waals surface area contributed by atoms with Gasteiger partial charge in [0.05, 0.1) is 17.7 Å². The van der Waals surface area contributed by atoms with Gasteiger partial charge in [-0.2, -0.15) is 5.10 Å². The lowest BCUT2D eigenvalue weighted by atomic mass is 10.1. The Labute approximate surface area is 188 Å². The number of carboxylic acids is 1. The number of rotatable bonds is 8. The maximum atomic E-state index is 12.9. The minimum Gasteiger partial charge on any atom is -0.481 e. The minimum atomic E-state index is -0.806. The second-order valence-corrected chi connectivity index (χ2v) is 8.90. The summed E-state index contributed by atoms with van der Waals surface area (Å²) in [5.41, 5.74) is 3.69. The summed E-state index contributed by atoms with van der Waals surface area (Å²) in [6.07, 6.45) is 0.108. The van der Waals surface area contributed by atoms with Crippen molar-refractivity contribution in [3.8, 4) is 11.3 Å². The molecule has 0 aliphatic carbocycles. The quantitative estimate of drug-likeness (QED) is 0.546. The number of hydrogen-bond acceptors (Lipinski definition) is 4. The van der Waals surface area contributed by atoms with Crippen LogP contribution >= 0.6 is 0 Å². The Hall–Kier alpha value is -3.45. The van der Waals surface area contributed by atoms with Gasteiger partial charge in [-0.3, -0.25) is 14.3 Å². The van der Waals surface area contributed by atoms with Crippen LogP contribution in [0.25, 0.3) is 11.3 Å². The molecule has 0 aliphatic heterocycles. The van der Waals surface area contributed by atoms with Crippen LogP contribution in [0.1, 0.15) is 43.2 Å². The van der Waals surface area contributed by atoms with Gasteiger partial charge in [0.2, 0.25) is 0 Å². The first-order chi connectivity index (χ1) is 15.1. The Balaban J connectivity index is 1.72. The van der Waals surface area contributed by atoms with Crippen molar-refractivity contribution in [3.63, 3.8) is 0 Å². The molecule has 3 rings (SSSR count). The normalized spacial score (nSPS) is 11.5. The van der Waals surface area contributed by atoms with E-state index in [4.69, 9.17) is 5.11 Å². The summed E-state index contributed by atoms with van der Waals surface area (Å²) in [5.74, 6) is -1.07. The largest absolute Gasteiger partial charge is 0.481 e. The van der Waals surface area contributed by atoms with Crippen LogP contribution in [0.15, 0.2) is 60.7 Å². The molecule has 0 radical (unpaired) electrons. The van der Waals surface area contributed by atoms with Crippen molar-refractivity contribution in [2.75, 3.05) is 18.9 Å². The van der Waals surface area contributed by atoms with Gasteiger partial charge in [-0.15, -0.1) is 0 Å². The van der Waals surface area contributed by atoms with Gasteiger partial charge in [0.25, 0.3) is 5.91 Å². The fraction of sp³-hybridized carbons (Fsp3) is 0.320. The molecule has 2 N–H and O–H groups in total. The van der Waals surface area contributed by atoms with Gasteiger partial charge >= 0.3 is 5.97 Å². The van der Waals surface area contributed by atoms with Crippen molar-refractivity contribution < 1.29 is 14.7 Å². The Kier molecular flexibility index (Phi) is 7.10. The smallest absolute Gasteiger partial charge is 0.304 e. The van der Waals surface area contributed by atoms with Crippen LogP contribution in [0.4, 0.5) is 5.69 Å². The van der Waals surface area contributed by atoms with E-state index in [1.807, 2.05) is 77.3 Å². The first kappa shape index (κ1) is 23.2. The molecule has 0 aliphatic rings. The molecule has 3 aromatic rings. The SMILES string of the molecule is CN(CCC(=O)O)Cc1ccc(NC(=O)c2cc(-c3ccccc3)n(C(C)(C)C)n2)cc1. The topological polar surface area (TPSA) is 87.5 Å². The van der Waals surface area contributed by atoms with Crippen LogP contribution < -0.4 is 5.32 Å². The number of carboxylic acid groups (broad SMARTS) is 1. The molecule has 0 unspecified atom stereocenters. The average Bonchev–Trinajstić information content (AvgIpc) is 3.21. The maximum absolute atomic E-state index is 12.9. The van der Waals surface area contributed by atoms with Crippen molar-refractivity contribution in [1.82, 2.24) is 14.7 Å². The van der Waals surface area contributed by atoms with E-state index in [1.165, 1.54) is 0 Å². The maximum Gasteiger partial charge on any atom is 0.304 e. The van der Waals surface area contributed by atoms with Crippen LogP contribution in [0.5, 0.6) is 0 Å². The van der Waals surface area contributed by atoms with Crippen LogP contribution in [0.3, 0.4) is 0 Å².